The van der Waals surface area contributed by atoms with Crippen molar-refractivity contribution in [3.8, 4) is 0 Å². The number of thiophene rings is 2. The van der Waals surface area contributed by atoms with Gasteiger partial charge < -0.3 is 0 Å². The first-order valence-corrected chi connectivity index (χ1v) is 19.6. The van der Waals surface area contributed by atoms with Gasteiger partial charge in [-0.2, -0.15) is 0 Å². The second-order valence-electron chi connectivity index (χ2n) is 10.4. The number of rotatable bonds is 25. The predicted molar refractivity (Wildman–Crippen MR) is 192 cm³/mol. The van der Waals surface area contributed by atoms with Gasteiger partial charge in [0.1, 0.15) is 0 Å². The van der Waals surface area contributed by atoms with E-state index in [2.05, 4.69) is 86.7 Å². The molecule has 2 aromatic rings. The van der Waals surface area contributed by atoms with E-state index in [0.717, 1.165) is 0 Å². The number of hydrogen-bond donors (Lipinski definition) is 0. The summed E-state index contributed by atoms with van der Waals surface area (Å²) in [5.41, 5.74) is 0. The molecule has 0 fully saturated rings. The van der Waals surface area contributed by atoms with Crippen LogP contribution in [-0.2, 0) is 0 Å². The van der Waals surface area contributed by atoms with Crippen molar-refractivity contribution in [1.82, 2.24) is 0 Å². The fraction of sp³-hybridized carbons (Fsp3) is 0.556. The van der Waals surface area contributed by atoms with Crippen molar-refractivity contribution in [3.05, 3.63) is 70.5 Å². The molecule has 0 bridgehead atoms. The molecule has 0 aliphatic carbocycles. The average Bonchev–Trinajstić information content (AvgIpc) is 3.62. The van der Waals surface area contributed by atoms with E-state index in [4.69, 9.17) is 0 Å². The molecule has 4 heteroatoms. The first-order chi connectivity index (χ1) is 19.8. The first kappa shape index (κ1) is 35.3. The summed E-state index contributed by atoms with van der Waals surface area (Å²) in [6.07, 6.45) is 39.5. The van der Waals surface area contributed by atoms with Gasteiger partial charge in [0.2, 0.25) is 0 Å². The summed E-state index contributed by atoms with van der Waals surface area (Å²) in [6, 6.07) is 9.04. The Kier molecular flexibility index (Phi) is 22.7. The maximum absolute atomic E-state index is 2.29. The number of hydrogen-bond acceptors (Lipinski definition) is 4. The normalized spacial score (nSPS) is 12.3. The Morgan fingerprint density at radius 3 is 1.20 bits per heavy atom. The highest BCUT2D eigenvalue weighted by Gasteiger charge is 2.00. The molecule has 0 spiro atoms. The fourth-order valence-electron chi connectivity index (χ4n) is 4.38. The Balaban J connectivity index is 1.51. The van der Waals surface area contributed by atoms with Crippen LogP contribution in [0.5, 0.6) is 0 Å². The molecule has 0 unspecified atom stereocenters. The number of allylic oxidation sites excluding steroid dienone is 6. The molecular weight excluding hydrogens is 561 g/mol. The second kappa shape index (κ2) is 25.7. The molecule has 0 aliphatic rings. The van der Waals surface area contributed by atoms with Gasteiger partial charge in [0.15, 0.2) is 0 Å². The molecule has 0 amide bonds. The van der Waals surface area contributed by atoms with E-state index in [1.165, 1.54) is 132 Å². The second-order valence-corrected chi connectivity index (χ2v) is 15.5. The zero-order valence-electron chi connectivity index (χ0n) is 25.3. The smallest absolute Gasteiger partial charge is 0.0604 e. The summed E-state index contributed by atoms with van der Waals surface area (Å²) < 4.78 is 2.89. The zero-order chi connectivity index (χ0) is 28.4. The minimum atomic E-state index is 1.25. The van der Waals surface area contributed by atoms with E-state index in [-0.39, 0.29) is 0 Å². The van der Waals surface area contributed by atoms with Crippen LogP contribution in [0.1, 0.15) is 126 Å². The van der Waals surface area contributed by atoms with Crippen molar-refractivity contribution in [3.63, 3.8) is 0 Å². The van der Waals surface area contributed by atoms with Gasteiger partial charge in [0.25, 0.3) is 0 Å². The standard InChI is InChI=1S/C36H54S4/c1-3-5-7-9-11-15-19-23-31-37-35-29-27-33(39-35)25-21-17-13-14-18-22-26-34-28-30-36(40-34)38-32-24-20-16-12-10-8-6-4-2/h13-14,17-18,21-22,25-30H,3-12,15-16,19-20,23-24,31-32H2,1-2H3/b17-13+,18-14+,25-21+,26-22+. The van der Waals surface area contributed by atoms with Crippen LogP contribution in [0.2, 0.25) is 0 Å². The Morgan fingerprint density at radius 1 is 0.450 bits per heavy atom. The first-order valence-electron chi connectivity index (χ1n) is 15.9. The summed E-state index contributed by atoms with van der Waals surface area (Å²) in [6.45, 7) is 4.58. The van der Waals surface area contributed by atoms with Crippen molar-refractivity contribution in [1.29, 1.82) is 0 Å². The van der Waals surface area contributed by atoms with E-state index in [1.54, 1.807) is 0 Å². The van der Waals surface area contributed by atoms with Crippen molar-refractivity contribution in [2.75, 3.05) is 11.5 Å². The largest absolute Gasteiger partial charge is 0.129 e. The maximum Gasteiger partial charge on any atom is 0.0604 e. The maximum atomic E-state index is 2.29. The van der Waals surface area contributed by atoms with Crippen LogP contribution in [0.25, 0.3) is 12.2 Å². The summed E-state index contributed by atoms with van der Waals surface area (Å²) in [4.78, 5) is 2.67. The highest BCUT2D eigenvalue weighted by molar-refractivity contribution is 8.01. The van der Waals surface area contributed by atoms with Crippen molar-refractivity contribution in [2.24, 2.45) is 0 Å². The lowest BCUT2D eigenvalue weighted by atomic mass is 10.1. The lowest BCUT2D eigenvalue weighted by molar-refractivity contribution is 0.586. The molecule has 0 saturated heterocycles. The summed E-state index contributed by atoms with van der Waals surface area (Å²) in [7, 11) is 0. The topological polar surface area (TPSA) is 0 Å². The van der Waals surface area contributed by atoms with Crippen LogP contribution in [0.4, 0.5) is 0 Å². The Labute approximate surface area is 263 Å². The molecule has 0 nitrogen and oxygen atoms in total. The third-order valence-corrected chi connectivity index (χ3v) is 11.5. The van der Waals surface area contributed by atoms with Gasteiger partial charge in [-0.15, -0.1) is 46.2 Å². The van der Waals surface area contributed by atoms with Crippen LogP contribution in [0, 0.1) is 0 Å². The number of thioether (sulfide) groups is 2. The fourth-order valence-corrected chi connectivity index (χ4v) is 8.66. The lowest BCUT2D eigenvalue weighted by Gasteiger charge is -2.01. The van der Waals surface area contributed by atoms with Crippen molar-refractivity contribution >= 4 is 58.3 Å². The minimum Gasteiger partial charge on any atom is -0.129 e. The van der Waals surface area contributed by atoms with Gasteiger partial charge in [0, 0.05) is 9.75 Å². The quantitative estimate of drug-likeness (QED) is 0.0620. The van der Waals surface area contributed by atoms with E-state index in [0.29, 0.717) is 0 Å². The molecule has 0 N–H and O–H groups in total. The Hall–Kier alpha value is -0.940. The van der Waals surface area contributed by atoms with E-state index >= 15 is 0 Å². The molecular formula is C36H54S4. The van der Waals surface area contributed by atoms with Crippen LogP contribution in [-0.4, -0.2) is 11.5 Å². The molecule has 0 aliphatic heterocycles. The highest BCUT2D eigenvalue weighted by atomic mass is 32.2. The molecule has 0 radical (unpaired) electrons. The van der Waals surface area contributed by atoms with Crippen LogP contribution < -0.4 is 0 Å². The molecule has 2 heterocycles. The number of unbranched alkanes of at least 4 members (excludes halogenated alkanes) is 14. The minimum absolute atomic E-state index is 1.25. The van der Waals surface area contributed by atoms with Gasteiger partial charge >= 0.3 is 0 Å². The molecule has 0 aromatic carbocycles. The SMILES string of the molecule is CCCCCCCCCCSc1ccc(/C=C/C=C/C=C/C=C/c2ccc(SCCCCCCCCCC)s2)s1. The van der Waals surface area contributed by atoms with Crippen molar-refractivity contribution < 1.29 is 0 Å². The van der Waals surface area contributed by atoms with Crippen LogP contribution in [0.15, 0.2) is 69.1 Å². The summed E-state index contributed by atoms with van der Waals surface area (Å²) in [5, 5.41) is 0. The highest BCUT2D eigenvalue weighted by Crippen LogP contribution is 2.30. The monoisotopic (exact) mass is 614 g/mol. The third kappa shape index (κ3) is 19.2. The van der Waals surface area contributed by atoms with E-state index < -0.39 is 0 Å². The zero-order valence-corrected chi connectivity index (χ0v) is 28.6. The molecule has 40 heavy (non-hydrogen) atoms. The molecule has 0 atom stereocenters. The molecule has 0 saturated carbocycles. The van der Waals surface area contributed by atoms with Gasteiger partial charge in [-0.1, -0.05) is 140 Å². The molecule has 222 valence electrons. The Morgan fingerprint density at radius 2 is 0.800 bits per heavy atom. The van der Waals surface area contributed by atoms with Gasteiger partial charge in [-0.3, -0.25) is 0 Å². The van der Waals surface area contributed by atoms with E-state index in [9.17, 15) is 0 Å². The third-order valence-electron chi connectivity index (χ3n) is 6.77. The average molecular weight is 615 g/mol. The lowest BCUT2D eigenvalue weighted by Crippen LogP contribution is -1.82. The van der Waals surface area contributed by atoms with Gasteiger partial charge in [0.05, 0.1) is 8.42 Å². The Bertz CT molecular complexity index is 881. The van der Waals surface area contributed by atoms with Gasteiger partial charge in [-0.25, -0.2) is 0 Å². The summed E-state index contributed by atoms with van der Waals surface area (Å²) in [5.74, 6) is 2.50. The van der Waals surface area contributed by atoms with E-state index in [1.807, 2.05) is 46.2 Å². The molecule has 2 rings (SSSR count). The van der Waals surface area contributed by atoms with Crippen LogP contribution >= 0.6 is 46.2 Å². The van der Waals surface area contributed by atoms with Gasteiger partial charge in [-0.05, 0) is 60.8 Å². The predicted octanol–water partition coefficient (Wildman–Crippen LogP) is 14.1. The van der Waals surface area contributed by atoms with Crippen molar-refractivity contribution in [2.45, 2.75) is 125 Å². The summed E-state index contributed by atoms with van der Waals surface area (Å²) >= 11 is 7.85. The molecule has 2 aromatic heterocycles. The van der Waals surface area contributed by atoms with Crippen LogP contribution in [0.3, 0.4) is 0 Å².